The molecule has 0 spiro atoms. The molecule has 4 rings (SSSR count). The maximum Gasteiger partial charge on any atom is 0.274 e. The van der Waals surface area contributed by atoms with Gasteiger partial charge in [0.2, 0.25) is 5.88 Å². The van der Waals surface area contributed by atoms with Crippen molar-refractivity contribution in [2.24, 2.45) is 5.92 Å². The molecule has 1 amide bonds. The topological polar surface area (TPSA) is 89.0 Å². The molecule has 3 aromatic rings. The van der Waals surface area contributed by atoms with Gasteiger partial charge in [0.05, 0.1) is 18.4 Å². The van der Waals surface area contributed by atoms with Gasteiger partial charge in [-0.15, -0.1) is 24.8 Å². The highest BCUT2D eigenvalue weighted by atomic mass is 35.5. The van der Waals surface area contributed by atoms with Gasteiger partial charge in [-0.25, -0.2) is 23.1 Å². The number of halogens is 5. The zero-order valence-corrected chi connectivity index (χ0v) is 18.0. The number of nitrogens with zero attached hydrogens (tertiary/aromatic N) is 3. The van der Waals surface area contributed by atoms with Crippen LogP contribution in [-0.4, -0.2) is 40.6 Å². The van der Waals surface area contributed by atoms with Crippen molar-refractivity contribution in [2.45, 2.75) is 0 Å². The van der Waals surface area contributed by atoms with Crippen molar-refractivity contribution in [3.8, 4) is 17.1 Å². The Morgan fingerprint density at radius 1 is 1.09 bits per heavy atom. The number of nitrogens with one attached hydrogen (secondary N) is 2. The van der Waals surface area contributed by atoms with Crippen molar-refractivity contribution in [3.05, 3.63) is 66.0 Å². The smallest absolute Gasteiger partial charge is 0.274 e. The summed E-state index contributed by atoms with van der Waals surface area (Å²) < 4.78 is 47.9. The van der Waals surface area contributed by atoms with Gasteiger partial charge in [-0.05, 0) is 24.3 Å². The first-order chi connectivity index (χ1) is 14.5. The van der Waals surface area contributed by atoms with Crippen molar-refractivity contribution in [3.63, 3.8) is 0 Å². The molecule has 1 aliphatic rings. The predicted octanol–water partition coefficient (Wildman–Crippen LogP) is 3.65. The van der Waals surface area contributed by atoms with Crippen LogP contribution in [0.25, 0.3) is 11.3 Å². The zero-order chi connectivity index (χ0) is 21.1. The van der Waals surface area contributed by atoms with Crippen molar-refractivity contribution >= 4 is 36.4 Å². The van der Waals surface area contributed by atoms with Crippen molar-refractivity contribution in [1.29, 1.82) is 0 Å². The number of benzene rings is 1. The van der Waals surface area contributed by atoms with E-state index in [1.807, 2.05) is 0 Å². The molecular weight excluding hydrogens is 470 g/mol. The van der Waals surface area contributed by atoms with E-state index in [-0.39, 0.29) is 42.1 Å². The molecule has 0 radical (unpaired) electrons. The molecule has 12 heteroatoms. The van der Waals surface area contributed by atoms with Crippen LogP contribution >= 0.6 is 24.8 Å². The minimum Gasteiger partial charge on any atom is -0.476 e. The number of hydrogen-bond donors (Lipinski definition) is 2. The summed E-state index contributed by atoms with van der Waals surface area (Å²) in [5.41, 5.74) is -1.30. The average Bonchev–Trinajstić information content (AvgIpc) is 2.69. The van der Waals surface area contributed by atoms with E-state index in [1.165, 1.54) is 12.5 Å². The van der Waals surface area contributed by atoms with E-state index >= 15 is 0 Å². The van der Waals surface area contributed by atoms with Crippen LogP contribution in [-0.2, 0) is 0 Å². The van der Waals surface area contributed by atoms with Gasteiger partial charge in [-0.3, -0.25) is 4.79 Å². The fourth-order valence-electron chi connectivity index (χ4n) is 2.84. The van der Waals surface area contributed by atoms with Crippen LogP contribution in [0, 0.1) is 23.4 Å². The number of amides is 1. The second-order valence-corrected chi connectivity index (χ2v) is 6.65. The van der Waals surface area contributed by atoms with Crippen LogP contribution in [0.1, 0.15) is 10.5 Å². The molecule has 32 heavy (non-hydrogen) atoms. The Labute approximate surface area is 193 Å². The summed E-state index contributed by atoms with van der Waals surface area (Å²) >= 11 is 0. The maximum atomic E-state index is 14.2. The molecular formula is C20H18Cl2F3N5O2. The number of carbonyl (C=O) groups excluding carboxylic acids is 1. The van der Waals surface area contributed by atoms with E-state index < -0.39 is 34.6 Å². The van der Waals surface area contributed by atoms with E-state index in [0.29, 0.717) is 12.5 Å². The minimum atomic E-state index is -0.989. The largest absolute Gasteiger partial charge is 0.476 e. The standard InChI is InChI=1S/C20H16F3N5O2.2ClH/c21-12-2-1-3-13(22)17(12)18-14(23)4-5-15(27-18)19(29)28-16-8-25-10-26-20(16)30-9-11-6-24-7-11;;/h1-5,8,10-11,24H,6-7,9H2,(H,28,29);2*1H. The lowest BCUT2D eigenvalue weighted by Gasteiger charge is -2.26. The predicted molar refractivity (Wildman–Crippen MR) is 116 cm³/mol. The number of rotatable bonds is 6. The van der Waals surface area contributed by atoms with Gasteiger partial charge in [0.25, 0.3) is 5.91 Å². The molecule has 2 aromatic heterocycles. The van der Waals surface area contributed by atoms with Crippen LogP contribution in [0.4, 0.5) is 18.9 Å². The van der Waals surface area contributed by atoms with Crippen LogP contribution in [0.3, 0.4) is 0 Å². The third-order valence-corrected chi connectivity index (χ3v) is 4.52. The Morgan fingerprint density at radius 3 is 2.47 bits per heavy atom. The number of aromatic nitrogens is 3. The maximum absolute atomic E-state index is 14.2. The molecule has 0 saturated carbocycles. The average molecular weight is 488 g/mol. The van der Waals surface area contributed by atoms with Gasteiger partial charge >= 0.3 is 0 Å². The molecule has 2 N–H and O–H groups in total. The number of hydrogen-bond acceptors (Lipinski definition) is 6. The fraction of sp³-hybridized carbons (Fsp3) is 0.200. The Hall–Kier alpha value is -2.95. The molecule has 0 aliphatic carbocycles. The summed E-state index contributed by atoms with van der Waals surface area (Å²) in [5, 5.41) is 5.66. The van der Waals surface area contributed by atoms with Gasteiger partial charge in [0.1, 0.15) is 40.9 Å². The number of anilines is 1. The molecule has 7 nitrogen and oxygen atoms in total. The van der Waals surface area contributed by atoms with E-state index in [1.54, 1.807) is 0 Å². The van der Waals surface area contributed by atoms with Gasteiger partial charge in [-0.2, -0.15) is 4.98 Å². The van der Waals surface area contributed by atoms with E-state index in [4.69, 9.17) is 4.74 Å². The van der Waals surface area contributed by atoms with Gasteiger partial charge in [-0.1, -0.05) is 6.07 Å². The molecule has 3 heterocycles. The normalized spacial score (nSPS) is 12.7. The molecule has 0 atom stereocenters. The second-order valence-electron chi connectivity index (χ2n) is 6.65. The second kappa shape index (κ2) is 11.1. The molecule has 1 aliphatic heterocycles. The van der Waals surface area contributed by atoms with Crippen molar-refractivity contribution in [1.82, 2.24) is 20.3 Å². The number of pyridine rings is 1. The summed E-state index contributed by atoms with van der Waals surface area (Å²) in [4.78, 5) is 24.3. The summed E-state index contributed by atoms with van der Waals surface area (Å²) in [5.74, 6) is -3.16. The van der Waals surface area contributed by atoms with Crippen molar-refractivity contribution < 1.29 is 22.7 Å². The molecule has 0 unspecified atom stereocenters. The Morgan fingerprint density at radius 2 is 1.81 bits per heavy atom. The van der Waals surface area contributed by atoms with Gasteiger partial charge in [0, 0.05) is 19.0 Å². The minimum absolute atomic E-state index is 0. The third-order valence-electron chi connectivity index (χ3n) is 4.52. The summed E-state index contributed by atoms with van der Waals surface area (Å²) in [6, 6.07) is 5.14. The quantitative estimate of drug-likeness (QED) is 0.551. The monoisotopic (exact) mass is 487 g/mol. The molecule has 1 fully saturated rings. The Balaban J connectivity index is 0.00000181. The highest BCUT2D eigenvalue weighted by Gasteiger charge is 2.21. The number of carbonyl (C=O) groups is 1. The molecule has 1 aromatic carbocycles. The van der Waals surface area contributed by atoms with Crippen LogP contribution in [0.15, 0.2) is 42.9 Å². The lowest BCUT2D eigenvalue weighted by molar-refractivity contribution is 0.102. The zero-order valence-electron chi connectivity index (χ0n) is 16.3. The third kappa shape index (κ3) is 5.45. The lowest BCUT2D eigenvalue weighted by atomic mass is 10.1. The summed E-state index contributed by atoms with van der Waals surface area (Å²) in [6.07, 6.45) is 2.62. The van der Waals surface area contributed by atoms with E-state index in [0.717, 1.165) is 43.4 Å². The lowest BCUT2D eigenvalue weighted by Crippen LogP contribution is -2.45. The Bertz CT molecular complexity index is 1080. The van der Waals surface area contributed by atoms with E-state index in [2.05, 4.69) is 25.6 Å². The van der Waals surface area contributed by atoms with Crippen LogP contribution in [0.2, 0.25) is 0 Å². The Kier molecular flexibility index (Phi) is 8.76. The highest BCUT2D eigenvalue weighted by molar-refractivity contribution is 6.03. The summed E-state index contributed by atoms with van der Waals surface area (Å²) in [7, 11) is 0. The van der Waals surface area contributed by atoms with Crippen LogP contribution < -0.4 is 15.4 Å². The van der Waals surface area contributed by atoms with Gasteiger partial charge < -0.3 is 15.4 Å². The first kappa shape index (κ1) is 25.3. The SMILES string of the molecule is Cl.Cl.O=C(Nc1cncnc1OCC1CNC1)c1ccc(F)c(-c2c(F)cccc2F)n1. The van der Waals surface area contributed by atoms with Crippen LogP contribution in [0.5, 0.6) is 5.88 Å². The number of ether oxygens (including phenoxy) is 1. The van der Waals surface area contributed by atoms with Gasteiger partial charge in [0.15, 0.2) is 0 Å². The molecule has 1 saturated heterocycles. The molecule has 0 bridgehead atoms. The van der Waals surface area contributed by atoms with Crippen molar-refractivity contribution in [2.75, 3.05) is 25.0 Å². The molecule has 170 valence electrons. The first-order valence-corrected chi connectivity index (χ1v) is 9.08. The first-order valence-electron chi connectivity index (χ1n) is 9.08. The highest BCUT2D eigenvalue weighted by Crippen LogP contribution is 2.27. The van der Waals surface area contributed by atoms with E-state index in [9.17, 15) is 18.0 Å². The summed E-state index contributed by atoms with van der Waals surface area (Å²) in [6.45, 7) is 2.09. The fourth-order valence-corrected chi connectivity index (χ4v) is 2.84.